The third-order valence-corrected chi connectivity index (χ3v) is 3.39. The van der Waals surface area contributed by atoms with Crippen LogP contribution < -0.4 is 4.74 Å². The molecule has 1 aliphatic rings. The maximum atomic E-state index is 8.84. The lowest BCUT2D eigenvalue weighted by molar-refractivity contribution is 0.0781. The summed E-state index contributed by atoms with van der Waals surface area (Å²) in [5, 5.41) is 8.84. The van der Waals surface area contributed by atoms with Crippen LogP contribution in [0.25, 0.3) is 0 Å². The summed E-state index contributed by atoms with van der Waals surface area (Å²) in [5.74, 6) is 0.774. The molecule has 0 bridgehead atoms. The first-order chi connectivity index (χ1) is 8.69. The molecule has 18 heavy (non-hydrogen) atoms. The summed E-state index contributed by atoms with van der Waals surface area (Å²) in [6.45, 7) is 3.86. The van der Waals surface area contributed by atoms with Gasteiger partial charge >= 0.3 is 0 Å². The SMILES string of the molecule is CN1CCN(C)C(COc2cccc(C#N)c2)C1. The van der Waals surface area contributed by atoms with E-state index in [0.29, 0.717) is 18.2 Å². The van der Waals surface area contributed by atoms with Crippen LogP contribution in [0.3, 0.4) is 0 Å². The topological polar surface area (TPSA) is 39.5 Å². The third kappa shape index (κ3) is 3.22. The summed E-state index contributed by atoms with van der Waals surface area (Å²) in [7, 11) is 4.27. The molecule has 1 aliphatic heterocycles. The van der Waals surface area contributed by atoms with Crippen molar-refractivity contribution in [3.8, 4) is 11.8 Å². The highest BCUT2D eigenvalue weighted by molar-refractivity contribution is 5.36. The predicted molar refractivity (Wildman–Crippen MR) is 70.6 cm³/mol. The van der Waals surface area contributed by atoms with Crippen LogP contribution >= 0.6 is 0 Å². The van der Waals surface area contributed by atoms with Gasteiger partial charge in [0.15, 0.2) is 0 Å². The Balaban J connectivity index is 1.92. The number of piperazine rings is 1. The van der Waals surface area contributed by atoms with Gasteiger partial charge in [0, 0.05) is 19.6 Å². The molecular weight excluding hydrogens is 226 g/mol. The quantitative estimate of drug-likeness (QED) is 0.802. The van der Waals surface area contributed by atoms with Crippen LogP contribution in [-0.2, 0) is 0 Å². The molecule has 0 amide bonds. The minimum atomic E-state index is 0.412. The number of nitriles is 1. The molecule has 0 radical (unpaired) electrons. The summed E-state index contributed by atoms with van der Waals surface area (Å²) in [6.07, 6.45) is 0. The number of hydrogen-bond donors (Lipinski definition) is 0. The molecule has 0 spiro atoms. The first-order valence-corrected chi connectivity index (χ1v) is 6.21. The predicted octanol–water partition coefficient (Wildman–Crippen LogP) is 1.18. The van der Waals surface area contributed by atoms with Crippen molar-refractivity contribution in [3.63, 3.8) is 0 Å². The Hall–Kier alpha value is -1.57. The van der Waals surface area contributed by atoms with E-state index in [0.717, 1.165) is 25.4 Å². The Kier molecular flexibility index (Phi) is 4.19. The molecule has 2 rings (SSSR count). The Morgan fingerprint density at radius 2 is 2.22 bits per heavy atom. The zero-order chi connectivity index (χ0) is 13.0. The van der Waals surface area contributed by atoms with Gasteiger partial charge < -0.3 is 9.64 Å². The molecule has 1 unspecified atom stereocenters. The Morgan fingerprint density at radius 1 is 1.39 bits per heavy atom. The molecule has 1 heterocycles. The number of ether oxygens (including phenoxy) is 1. The minimum Gasteiger partial charge on any atom is -0.492 e. The second kappa shape index (κ2) is 5.85. The highest BCUT2D eigenvalue weighted by Gasteiger charge is 2.22. The fourth-order valence-electron chi connectivity index (χ4n) is 2.13. The van der Waals surface area contributed by atoms with Crippen molar-refractivity contribution in [2.45, 2.75) is 6.04 Å². The number of benzene rings is 1. The largest absolute Gasteiger partial charge is 0.492 e. The van der Waals surface area contributed by atoms with Crippen LogP contribution in [0, 0.1) is 11.3 Å². The zero-order valence-electron chi connectivity index (χ0n) is 11.0. The maximum absolute atomic E-state index is 8.84. The van der Waals surface area contributed by atoms with Gasteiger partial charge in [-0.2, -0.15) is 5.26 Å². The fraction of sp³-hybridized carbons (Fsp3) is 0.500. The monoisotopic (exact) mass is 245 g/mol. The standard InChI is InChI=1S/C14H19N3O/c1-16-6-7-17(2)13(10-16)11-18-14-5-3-4-12(8-14)9-15/h3-5,8,13H,6-7,10-11H2,1-2H3. The lowest BCUT2D eigenvalue weighted by atomic mass is 10.2. The van der Waals surface area contributed by atoms with E-state index in [1.165, 1.54) is 0 Å². The molecule has 0 aliphatic carbocycles. The average molecular weight is 245 g/mol. The van der Waals surface area contributed by atoms with Crippen molar-refractivity contribution in [3.05, 3.63) is 29.8 Å². The fourth-order valence-corrected chi connectivity index (χ4v) is 2.13. The van der Waals surface area contributed by atoms with Crippen molar-refractivity contribution < 1.29 is 4.74 Å². The summed E-state index contributed by atoms with van der Waals surface area (Å²) in [6, 6.07) is 9.85. The molecule has 1 saturated heterocycles. The molecule has 1 aromatic carbocycles. The molecular formula is C14H19N3O. The van der Waals surface area contributed by atoms with Gasteiger partial charge in [0.2, 0.25) is 0 Å². The van der Waals surface area contributed by atoms with Crippen molar-refractivity contribution in [2.75, 3.05) is 40.3 Å². The normalized spacial score (nSPS) is 21.5. The number of likely N-dealkylation sites (N-methyl/N-ethyl adjacent to an activating group) is 2. The minimum absolute atomic E-state index is 0.412. The van der Waals surface area contributed by atoms with Gasteiger partial charge in [-0.15, -0.1) is 0 Å². The smallest absolute Gasteiger partial charge is 0.120 e. The van der Waals surface area contributed by atoms with Gasteiger partial charge in [0.25, 0.3) is 0 Å². The summed E-state index contributed by atoms with van der Waals surface area (Å²) >= 11 is 0. The van der Waals surface area contributed by atoms with Crippen LogP contribution in [0.15, 0.2) is 24.3 Å². The van der Waals surface area contributed by atoms with Gasteiger partial charge in [0.05, 0.1) is 17.7 Å². The maximum Gasteiger partial charge on any atom is 0.120 e. The molecule has 1 atom stereocenters. The van der Waals surface area contributed by atoms with Crippen molar-refractivity contribution in [1.29, 1.82) is 5.26 Å². The van der Waals surface area contributed by atoms with E-state index in [1.54, 1.807) is 12.1 Å². The third-order valence-electron chi connectivity index (χ3n) is 3.39. The Bertz CT molecular complexity index is 441. The van der Waals surface area contributed by atoms with Gasteiger partial charge in [-0.25, -0.2) is 0 Å². The van der Waals surface area contributed by atoms with E-state index in [4.69, 9.17) is 10.00 Å². The molecule has 4 nitrogen and oxygen atoms in total. The molecule has 0 saturated carbocycles. The van der Waals surface area contributed by atoms with Gasteiger partial charge in [0.1, 0.15) is 12.4 Å². The van der Waals surface area contributed by atoms with Crippen molar-refractivity contribution >= 4 is 0 Å². The highest BCUT2D eigenvalue weighted by Crippen LogP contribution is 2.14. The zero-order valence-corrected chi connectivity index (χ0v) is 11.0. The van der Waals surface area contributed by atoms with Crippen LogP contribution in [0.4, 0.5) is 0 Å². The van der Waals surface area contributed by atoms with E-state index in [-0.39, 0.29) is 0 Å². The van der Waals surface area contributed by atoms with E-state index in [9.17, 15) is 0 Å². The second-order valence-electron chi connectivity index (χ2n) is 4.85. The van der Waals surface area contributed by atoms with Crippen LogP contribution in [0.5, 0.6) is 5.75 Å². The Morgan fingerprint density at radius 3 is 3.00 bits per heavy atom. The number of nitrogens with zero attached hydrogens (tertiary/aromatic N) is 3. The molecule has 96 valence electrons. The molecule has 0 aromatic heterocycles. The summed E-state index contributed by atoms with van der Waals surface area (Å²) < 4.78 is 5.79. The van der Waals surface area contributed by atoms with E-state index in [2.05, 4.69) is 30.0 Å². The molecule has 0 N–H and O–H groups in total. The summed E-state index contributed by atoms with van der Waals surface area (Å²) in [4.78, 5) is 4.65. The van der Waals surface area contributed by atoms with E-state index < -0.39 is 0 Å². The van der Waals surface area contributed by atoms with E-state index >= 15 is 0 Å². The van der Waals surface area contributed by atoms with Crippen LogP contribution in [0.1, 0.15) is 5.56 Å². The second-order valence-corrected chi connectivity index (χ2v) is 4.85. The van der Waals surface area contributed by atoms with Crippen molar-refractivity contribution in [1.82, 2.24) is 9.80 Å². The van der Waals surface area contributed by atoms with Gasteiger partial charge in [-0.05, 0) is 32.3 Å². The number of rotatable bonds is 3. The first-order valence-electron chi connectivity index (χ1n) is 6.21. The van der Waals surface area contributed by atoms with Crippen molar-refractivity contribution in [2.24, 2.45) is 0 Å². The van der Waals surface area contributed by atoms with Gasteiger partial charge in [-0.3, -0.25) is 4.90 Å². The van der Waals surface area contributed by atoms with Crippen LogP contribution in [0.2, 0.25) is 0 Å². The first kappa shape index (κ1) is 12.9. The Labute approximate surface area is 108 Å². The lowest BCUT2D eigenvalue weighted by Gasteiger charge is -2.37. The molecule has 1 fully saturated rings. The number of hydrogen-bond acceptors (Lipinski definition) is 4. The highest BCUT2D eigenvalue weighted by atomic mass is 16.5. The lowest BCUT2D eigenvalue weighted by Crippen LogP contribution is -2.52. The average Bonchev–Trinajstić information content (AvgIpc) is 2.40. The van der Waals surface area contributed by atoms with Crippen LogP contribution in [-0.4, -0.2) is 56.2 Å². The van der Waals surface area contributed by atoms with Gasteiger partial charge in [-0.1, -0.05) is 6.07 Å². The van der Waals surface area contributed by atoms with E-state index in [1.807, 2.05) is 12.1 Å². The summed E-state index contributed by atoms with van der Waals surface area (Å²) in [5.41, 5.74) is 0.640. The molecule has 1 aromatic rings. The molecule has 4 heteroatoms.